The molecule has 4 rings (SSSR count). The van der Waals surface area contributed by atoms with E-state index in [0.29, 0.717) is 5.95 Å². The molecule has 1 saturated heterocycles. The predicted octanol–water partition coefficient (Wildman–Crippen LogP) is 5.48. The first kappa shape index (κ1) is 22.1. The Morgan fingerprint density at radius 1 is 1.00 bits per heavy atom. The van der Waals surface area contributed by atoms with Gasteiger partial charge in [-0.2, -0.15) is 4.98 Å². The number of benzene rings is 1. The van der Waals surface area contributed by atoms with E-state index in [-0.39, 0.29) is 22.9 Å². The normalized spacial score (nSPS) is 18.3. The van der Waals surface area contributed by atoms with Crippen LogP contribution in [-0.2, 0) is 0 Å². The summed E-state index contributed by atoms with van der Waals surface area (Å²) in [5, 5.41) is 6.54. The van der Waals surface area contributed by atoms with Gasteiger partial charge in [-0.15, -0.1) is 0 Å². The minimum Gasteiger partial charge on any atom is -0.365 e. The van der Waals surface area contributed by atoms with E-state index in [9.17, 15) is 4.39 Å². The van der Waals surface area contributed by atoms with Crippen molar-refractivity contribution < 1.29 is 4.39 Å². The van der Waals surface area contributed by atoms with Crippen LogP contribution >= 0.6 is 0 Å². The molecule has 7 heteroatoms. The van der Waals surface area contributed by atoms with Gasteiger partial charge in [-0.1, -0.05) is 18.2 Å². The standard InChI is InChI=1S/C25H31FN6/c1-24(2)13-20(14-25(3,4)32(24)5)29-22-21(26)16-28-23(31-22)30-19-10-6-8-17(12-19)18-9-7-11-27-15-18/h6-12,15-16,20H,13-14H2,1-5H3,(H2,28,29,30,31). The number of nitrogens with one attached hydrogen (secondary N) is 2. The van der Waals surface area contributed by atoms with Crippen molar-refractivity contribution in [2.24, 2.45) is 0 Å². The van der Waals surface area contributed by atoms with Gasteiger partial charge in [-0.25, -0.2) is 9.37 Å². The van der Waals surface area contributed by atoms with E-state index in [1.165, 1.54) is 6.20 Å². The maximum atomic E-state index is 14.6. The van der Waals surface area contributed by atoms with Crippen molar-refractivity contribution >= 4 is 17.5 Å². The van der Waals surface area contributed by atoms with Crippen LogP contribution in [0.5, 0.6) is 0 Å². The Bertz CT molecular complexity index is 1060. The number of halogens is 1. The first-order chi connectivity index (χ1) is 15.1. The van der Waals surface area contributed by atoms with Crippen LogP contribution in [0.15, 0.2) is 55.0 Å². The molecule has 3 aromatic rings. The number of piperidine rings is 1. The zero-order valence-corrected chi connectivity index (χ0v) is 19.4. The number of hydrogen-bond donors (Lipinski definition) is 2. The summed E-state index contributed by atoms with van der Waals surface area (Å²) in [4.78, 5) is 15.2. The highest BCUT2D eigenvalue weighted by Gasteiger charge is 2.43. The third-order valence-corrected chi connectivity index (χ3v) is 6.51. The predicted molar refractivity (Wildman–Crippen MR) is 128 cm³/mol. The summed E-state index contributed by atoms with van der Waals surface area (Å²) in [5.74, 6) is 0.130. The molecule has 1 fully saturated rings. The van der Waals surface area contributed by atoms with Gasteiger partial charge < -0.3 is 10.6 Å². The zero-order valence-electron chi connectivity index (χ0n) is 19.4. The minimum absolute atomic E-state index is 0.00324. The monoisotopic (exact) mass is 434 g/mol. The average Bonchev–Trinajstić information content (AvgIpc) is 2.75. The van der Waals surface area contributed by atoms with Crippen LogP contribution in [0.3, 0.4) is 0 Å². The van der Waals surface area contributed by atoms with Crippen molar-refractivity contribution in [3.8, 4) is 11.1 Å². The molecule has 2 N–H and O–H groups in total. The second kappa shape index (κ2) is 8.47. The molecule has 168 valence electrons. The number of aromatic nitrogens is 3. The second-order valence-corrected chi connectivity index (χ2v) is 9.77. The fourth-order valence-electron chi connectivity index (χ4n) is 4.63. The number of hydrogen-bond acceptors (Lipinski definition) is 6. The molecule has 0 saturated carbocycles. The Kier molecular flexibility index (Phi) is 5.86. The van der Waals surface area contributed by atoms with Crippen LogP contribution in [0, 0.1) is 5.82 Å². The number of nitrogens with zero attached hydrogens (tertiary/aromatic N) is 4. The molecule has 3 heterocycles. The van der Waals surface area contributed by atoms with E-state index in [2.05, 4.69) is 65.2 Å². The van der Waals surface area contributed by atoms with Crippen LogP contribution in [0.25, 0.3) is 11.1 Å². The number of likely N-dealkylation sites (tertiary alicyclic amines) is 1. The average molecular weight is 435 g/mol. The third kappa shape index (κ3) is 4.72. The molecule has 0 spiro atoms. The Morgan fingerprint density at radius 3 is 2.41 bits per heavy atom. The zero-order chi connectivity index (χ0) is 22.9. The van der Waals surface area contributed by atoms with Crippen molar-refractivity contribution in [3.63, 3.8) is 0 Å². The molecule has 32 heavy (non-hydrogen) atoms. The van der Waals surface area contributed by atoms with Gasteiger partial charge in [-0.05, 0) is 71.3 Å². The maximum absolute atomic E-state index is 14.6. The molecule has 0 bridgehead atoms. The summed E-state index contributed by atoms with van der Waals surface area (Å²) in [6.45, 7) is 8.89. The summed E-state index contributed by atoms with van der Waals surface area (Å²) < 4.78 is 14.6. The highest BCUT2D eigenvalue weighted by Crippen LogP contribution is 2.38. The van der Waals surface area contributed by atoms with E-state index in [1.54, 1.807) is 6.20 Å². The molecule has 0 amide bonds. The molecule has 1 aliphatic heterocycles. The Hall–Kier alpha value is -3.06. The van der Waals surface area contributed by atoms with Crippen molar-refractivity contribution in [3.05, 3.63) is 60.8 Å². The van der Waals surface area contributed by atoms with Gasteiger partial charge in [0.2, 0.25) is 5.95 Å². The third-order valence-electron chi connectivity index (χ3n) is 6.51. The number of anilines is 3. The van der Waals surface area contributed by atoms with Crippen LogP contribution in [0.1, 0.15) is 40.5 Å². The molecule has 1 aromatic carbocycles. The Balaban J connectivity index is 1.53. The highest BCUT2D eigenvalue weighted by molar-refractivity contribution is 5.69. The summed E-state index contributed by atoms with van der Waals surface area (Å²) in [6.07, 6.45) is 6.58. The van der Waals surface area contributed by atoms with Gasteiger partial charge in [0, 0.05) is 40.8 Å². The lowest BCUT2D eigenvalue weighted by atomic mass is 9.77. The molecule has 0 unspecified atom stereocenters. The van der Waals surface area contributed by atoms with E-state index in [4.69, 9.17) is 0 Å². The number of rotatable bonds is 5. The lowest BCUT2D eigenvalue weighted by molar-refractivity contribution is -0.00778. The van der Waals surface area contributed by atoms with Crippen molar-refractivity contribution in [1.82, 2.24) is 19.9 Å². The molecular formula is C25H31FN6. The van der Waals surface area contributed by atoms with Gasteiger partial charge in [-0.3, -0.25) is 9.88 Å². The lowest BCUT2D eigenvalue weighted by Gasteiger charge is -2.53. The van der Waals surface area contributed by atoms with Gasteiger partial charge in [0.15, 0.2) is 11.6 Å². The SMILES string of the molecule is CN1C(C)(C)CC(Nc2nc(Nc3cccc(-c4cccnc4)c3)ncc2F)CC1(C)C. The summed E-state index contributed by atoms with van der Waals surface area (Å²) in [6, 6.07) is 11.9. The smallest absolute Gasteiger partial charge is 0.229 e. The van der Waals surface area contributed by atoms with Crippen molar-refractivity contribution in [1.29, 1.82) is 0 Å². The van der Waals surface area contributed by atoms with Gasteiger partial charge >= 0.3 is 0 Å². The van der Waals surface area contributed by atoms with E-state index in [0.717, 1.165) is 29.7 Å². The molecular weight excluding hydrogens is 403 g/mol. The van der Waals surface area contributed by atoms with Gasteiger partial charge in [0.05, 0.1) is 6.20 Å². The maximum Gasteiger partial charge on any atom is 0.229 e. The first-order valence-corrected chi connectivity index (χ1v) is 10.9. The largest absolute Gasteiger partial charge is 0.365 e. The summed E-state index contributed by atoms with van der Waals surface area (Å²) in [7, 11) is 2.16. The topological polar surface area (TPSA) is 66.0 Å². The molecule has 0 radical (unpaired) electrons. The fraction of sp³-hybridized carbons (Fsp3) is 0.400. The molecule has 2 aromatic heterocycles. The van der Waals surface area contributed by atoms with E-state index < -0.39 is 5.82 Å². The molecule has 0 atom stereocenters. The van der Waals surface area contributed by atoms with Crippen molar-refractivity contribution in [2.75, 3.05) is 17.7 Å². The second-order valence-electron chi connectivity index (χ2n) is 9.77. The van der Waals surface area contributed by atoms with Crippen molar-refractivity contribution in [2.45, 2.75) is 57.7 Å². The van der Waals surface area contributed by atoms with Gasteiger partial charge in [0.1, 0.15) is 0 Å². The van der Waals surface area contributed by atoms with E-state index in [1.807, 2.05) is 42.6 Å². The summed E-state index contributed by atoms with van der Waals surface area (Å²) >= 11 is 0. The minimum atomic E-state index is -0.450. The van der Waals surface area contributed by atoms with Crippen LogP contribution in [0.2, 0.25) is 0 Å². The fourth-order valence-corrected chi connectivity index (χ4v) is 4.63. The molecule has 6 nitrogen and oxygen atoms in total. The Labute approximate surface area is 189 Å². The first-order valence-electron chi connectivity index (χ1n) is 10.9. The summed E-state index contributed by atoms with van der Waals surface area (Å²) in [5.41, 5.74) is 2.86. The van der Waals surface area contributed by atoms with Gasteiger partial charge in [0.25, 0.3) is 0 Å². The lowest BCUT2D eigenvalue weighted by Crippen LogP contribution is -2.61. The number of pyridine rings is 1. The van der Waals surface area contributed by atoms with Crippen LogP contribution in [-0.4, -0.2) is 44.0 Å². The van der Waals surface area contributed by atoms with E-state index >= 15 is 0 Å². The Morgan fingerprint density at radius 2 is 1.72 bits per heavy atom. The molecule has 0 aliphatic carbocycles. The van der Waals surface area contributed by atoms with Crippen LogP contribution in [0.4, 0.5) is 21.8 Å². The quantitative estimate of drug-likeness (QED) is 0.554. The molecule has 1 aliphatic rings. The highest BCUT2D eigenvalue weighted by atomic mass is 19.1. The van der Waals surface area contributed by atoms with Crippen LogP contribution < -0.4 is 10.6 Å².